The second kappa shape index (κ2) is 8.03. The first kappa shape index (κ1) is 22.5. The molecule has 1 aliphatic carbocycles. The molecule has 3 fully saturated rings. The summed E-state index contributed by atoms with van der Waals surface area (Å²) in [6, 6.07) is 5.09. The summed E-state index contributed by atoms with van der Waals surface area (Å²) in [6.45, 7) is 3.26. The first-order valence-corrected chi connectivity index (χ1v) is 11.5. The van der Waals surface area contributed by atoms with Gasteiger partial charge in [0.15, 0.2) is 5.54 Å². The maximum absolute atomic E-state index is 14.4. The van der Waals surface area contributed by atoms with E-state index in [4.69, 9.17) is 23.2 Å². The number of carboxylic acid groups (broad SMARTS) is 1. The number of imide groups is 1. The fraction of sp³-hybridized carbons (Fsp3) is 0.591. The van der Waals surface area contributed by atoms with E-state index in [1.54, 1.807) is 18.2 Å². The van der Waals surface area contributed by atoms with Crippen LogP contribution in [0.15, 0.2) is 18.2 Å². The molecule has 1 aromatic carbocycles. The molecule has 2 atom stereocenters. The van der Waals surface area contributed by atoms with E-state index in [1.165, 1.54) is 0 Å². The molecule has 4 rings (SSSR count). The summed E-state index contributed by atoms with van der Waals surface area (Å²) in [4.78, 5) is 39.9. The molecule has 0 aromatic heterocycles. The van der Waals surface area contributed by atoms with Crippen molar-refractivity contribution < 1.29 is 24.0 Å². The first-order valence-electron chi connectivity index (χ1n) is 10.8. The molecule has 1 saturated carbocycles. The topological polar surface area (TPSA) is 95.5 Å². The lowest BCUT2D eigenvalue weighted by Crippen LogP contribution is -2.73. The van der Waals surface area contributed by atoms with E-state index < -0.39 is 23.0 Å². The normalized spacial score (nSPS) is 28.7. The number of halogens is 2. The summed E-state index contributed by atoms with van der Waals surface area (Å²) in [5.74, 6) is -0.931. The Morgan fingerprint density at radius 3 is 2.35 bits per heavy atom. The molecule has 9 heteroatoms. The van der Waals surface area contributed by atoms with Crippen molar-refractivity contribution in [1.82, 2.24) is 10.6 Å². The average molecular weight is 469 g/mol. The number of rotatable bonds is 4. The Morgan fingerprint density at radius 2 is 1.77 bits per heavy atom. The molecule has 3 aliphatic rings. The summed E-state index contributed by atoms with van der Waals surface area (Å²) in [5, 5.41) is 16.2. The van der Waals surface area contributed by atoms with Gasteiger partial charge in [0.1, 0.15) is 0 Å². The minimum absolute atomic E-state index is 0.0662. The summed E-state index contributed by atoms with van der Waals surface area (Å²) >= 11 is 12.3. The fourth-order valence-corrected chi connectivity index (χ4v) is 5.60. The first-order chi connectivity index (χ1) is 14.6. The number of carbonyl (C=O) groups excluding carboxylic acids is 2. The van der Waals surface area contributed by atoms with E-state index in [-0.39, 0.29) is 22.8 Å². The van der Waals surface area contributed by atoms with Crippen molar-refractivity contribution in [2.75, 3.05) is 26.2 Å². The maximum atomic E-state index is 14.4. The lowest BCUT2D eigenvalue weighted by atomic mass is 9.79. The number of carbonyl (C=O) groups is 3. The second-order valence-electron chi connectivity index (χ2n) is 9.41. The van der Waals surface area contributed by atoms with Crippen LogP contribution in [-0.4, -0.2) is 59.2 Å². The predicted molar refractivity (Wildman–Crippen MR) is 117 cm³/mol. The zero-order valence-electron chi connectivity index (χ0n) is 17.5. The van der Waals surface area contributed by atoms with E-state index in [9.17, 15) is 19.5 Å². The smallest absolute Gasteiger partial charge is 0.405 e. The van der Waals surface area contributed by atoms with Gasteiger partial charge in [-0.3, -0.25) is 0 Å². The van der Waals surface area contributed by atoms with Crippen LogP contribution in [0.4, 0.5) is 4.79 Å². The fourth-order valence-electron chi connectivity index (χ4n) is 5.29. The molecule has 168 valence electrons. The molecule has 3 amide bonds. The van der Waals surface area contributed by atoms with Gasteiger partial charge in [-0.1, -0.05) is 29.3 Å². The number of nitrogens with one attached hydrogen (secondary N) is 2. The van der Waals surface area contributed by atoms with Crippen LogP contribution in [0.3, 0.4) is 0 Å². The van der Waals surface area contributed by atoms with Gasteiger partial charge < -0.3 is 15.7 Å². The lowest BCUT2D eigenvalue weighted by Gasteiger charge is -2.44. The van der Waals surface area contributed by atoms with E-state index >= 15 is 0 Å². The zero-order valence-corrected chi connectivity index (χ0v) is 19.1. The highest BCUT2D eigenvalue weighted by atomic mass is 35.5. The Bertz CT molecular complexity index is 927. The standard InChI is InChI=1S/C22H27Cl2N3O4/c1-21(7-8-21)18(28)27(9-3-2-4-10-27)19(29)22(26-20(30)31)13-25-12-15(22)14-5-6-16(23)17(24)11-14/h5-6,11,15,25-26H,2-4,7-10,12-13H2,1H3/p+1/t15-,22+/m1/s1. The second-order valence-corrected chi connectivity index (χ2v) is 10.2. The number of hydrogen-bond acceptors (Lipinski definition) is 4. The van der Waals surface area contributed by atoms with Crippen LogP contribution < -0.4 is 10.6 Å². The number of nitrogens with zero attached hydrogens (tertiary/aromatic N) is 1. The van der Waals surface area contributed by atoms with Gasteiger partial charge in [0, 0.05) is 19.0 Å². The number of benzene rings is 1. The molecular weight excluding hydrogens is 441 g/mol. The molecule has 2 aliphatic heterocycles. The average Bonchev–Trinajstić information content (AvgIpc) is 3.36. The maximum Gasteiger partial charge on any atom is 0.405 e. The van der Waals surface area contributed by atoms with Crippen LogP contribution in [0.5, 0.6) is 0 Å². The Labute approximate surface area is 191 Å². The van der Waals surface area contributed by atoms with Gasteiger partial charge in [-0.25, -0.2) is 14.4 Å². The molecular formula is C22H28Cl2N3O4+. The molecule has 31 heavy (non-hydrogen) atoms. The Morgan fingerprint density at radius 1 is 1.10 bits per heavy atom. The quantitative estimate of drug-likeness (QED) is 0.463. The Balaban J connectivity index is 1.81. The van der Waals surface area contributed by atoms with Crippen molar-refractivity contribution in [3.05, 3.63) is 33.8 Å². The van der Waals surface area contributed by atoms with Crippen LogP contribution in [0, 0.1) is 5.41 Å². The number of likely N-dealkylation sites (tertiary alicyclic amines) is 1. The Kier molecular flexibility index (Phi) is 5.83. The van der Waals surface area contributed by atoms with Crippen LogP contribution in [0.2, 0.25) is 10.0 Å². The number of piperidine rings is 1. The van der Waals surface area contributed by atoms with E-state index in [0.717, 1.165) is 32.1 Å². The molecule has 2 heterocycles. The van der Waals surface area contributed by atoms with E-state index in [0.29, 0.717) is 35.2 Å². The van der Waals surface area contributed by atoms with Gasteiger partial charge in [0.2, 0.25) is 0 Å². The molecule has 0 radical (unpaired) electrons. The molecule has 2 saturated heterocycles. The summed E-state index contributed by atoms with van der Waals surface area (Å²) in [5.41, 5.74) is -1.26. The largest absolute Gasteiger partial charge is 0.465 e. The lowest BCUT2D eigenvalue weighted by molar-refractivity contribution is -0.789. The highest BCUT2D eigenvalue weighted by molar-refractivity contribution is 6.42. The molecule has 0 unspecified atom stereocenters. The van der Waals surface area contributed by atoms with Crippen LogP contribution in [0.25, 0.3) is 0 Å². The molecule has 3 N–H and O–H groups in total. The minimum atomic E-state index is -1.47. The van der Waals surface area contributed by atoms with Crippen molar-refractivity contribution in [3.63, 3.8) is 0 Å². The van der Waals surface area contributed by atoms with Gasteiger partial charge in [-0.05, 0) is 56.7 Å². The van der Waals surface area contributed by atoms with E-state index in [2.05, 4.69) is 10.6 Å². The number of hydrogen-bond donors (Lipinski definition) is 3. The summed E-state index contributed by atoms with van der Waals surface area (Å²) in [6.07, 6.45) is 2.75. The zero-order chi connectivity index (χ0) is 22.4. The van der Waals surface area contributed by atoms with Crippen LogP contribution in [0.1, 0.15) is 50.5 Å². The van der Waals surface area contributed by atoms with Crippen molar-refractivity contribution >= 4 is 41.1 Å². The van der Waals surface area contributed by atoms with Gasteiger partial charge in [-0.2, -0.15) is 4.48 Å². The monoisotopic (exact) mass is 468 g/mol. The third-order valence-corrected chi connectivity index (χ3v) is 8.02. The molecule has 1 aromatic rings. The van der Waals surface area contributed by atoms with Crippen molar-refractivity contribution in [1.29, 1.82) is 0 Å². The molecule has 0 bridgehead atoms. The third-order valence-electron chi connectivity index (χ3n) is 7.28. The van der Waals surface area contributed by atoms with Crippen LogP contribution in [-0.2, 0) is 9.59 Å². The highest BCUT2D eigenvalue weighted by Crippen LogP contribution is 2.50. The molecule has 0 spiro atoms. The van der Waals surface area contributed by atoms with Crippen molar-refractivity contribution in [3.8, 4) is 0 Å². The SMILES string of the molecule is CC1(C(=O)[N+]2(C(=O)[C@]3(NC(=O)O)CNC[C@@H]3c3ccc(Cl)c(Cl)c3)CCCCC2)CC1. The minimum Gasteiger partial charge on any atom is -0.465 e. The van der Waals surface area contributed by atoms with Crippen molar-refractivity contribution in [2.24, 2.45) is 5.41 Å². The number of amides is 3. The third kappa shape index (κ3) is 3.75. The number of quaternary nitrogens is 1. The van der Waals surface area contributed by atoms with Crippen LogP contribution >= 0.6 is 23.2 Å². The van der Waals surface area contributed by atoms with E-state index in [1.807, 2.05) is 6.92 Å². The van der Waals surface area contributed by atoms with Gasteiger partial charge in [-0.15, -0.1) is 0 Å². The summed E-state index contributed by atoms with van der Waals surface area (Å²) < 4.78 is -0.281. The highest BCUT2D eigenvalue weighted by Gasteiger charge is 2.66. The molecule has 7 nitrogen and oxygen atoms in total. The Hall–Kier alpha value is -1.67. The van der Waals surface area contributed by atoms with Gasteiger partial charge >= 0.3 is 17.9 Å². The van der Waals surface area contributed by atoms with Gasteiger partial charge in [0.25, 0.3) is 0 Å². The van der Waals surface area contributed by atoms with Gasteiger partial charge in [0.05, 0.1) is 28.5 Å². The summed E-state index contributed by atoms with van der Waals surface area (Å²) in [7, 11) is 0. The van der Waals surface area contributed by atoms with Crippen molar-refractivity contribution in [2.45, 2.75) is 50.5 Å². The predicted octanol–water partition coefficient (Wildman–Crippen LogP) is 3.54.